The highest BCUT2D eigenvalue weighted by atomic mass is 19.1. The van der Waals surface area contributed by atoms with Gasteiger partial charge in [-0.1, -0.05) is 0 Å². The highest BCUT2D eigenvalue weighted by Crippen LogP contribution is 2.21. The fourth-order valence-electron chi connectivity index (χ4n) is 0.953. The van der Waals surface area contributed by atoms with Gasteiger partial charge in [0.25, 0.3) is 0 Å². The summed E-state index contributed by atoms with van der Waals surface area (Å²) in [5, 5.41) is 9.13. The lowest BCUT2D eigenvalue weighted by atomic mass is 10.1. The Morgan fingerprint density at radius 1 is 1.50 bits per heavy atom. The third kappa shape index (κ3) is 1.44. The molecule has 0 fully saturated rings. The average Bonchev–Trinajstić information content (AvgIpc) is 1.96. The van der Waals surface area contributed by atoms with Gasteiger partial charge < -0.3 is 5.11 Å². The maximum absolute atomic E-state index is 12.8. The van der Waals surface area contributed by atoms with E-state index in [1.54, 1.807) is 6.92 Å². The van der Waals surface area contributed by atoms with E-state index in [4.69, 9.17) is 5.11 Å². The van der Waals surface area contributed by atoms with E-state index in [1.807, 2.05) is 0 Å². The molecule has 0 unspecified atom stereocenters. The zero-order valence-corrected chi connectivity index (χ0v) is 6.89. The normalized spacial score (nSPS) is 9.92. The minimum absolute atomic E-state index is 0.161. The Balaban J connectivity index is 3.33. The standard InChI is InChI=1S/C9H9FO2/c1-5-3-7(6(2)11)9(12)4-8(5)10/h3-4,12H,1-2H3. The number of aryl methyl sites for hydroxylation is 1. The molecule has 1 aromatic rings. The van der Waals surface area contributed by atoms with Gasteiger partial charge in [0.15, 0.2) is 5.78 Å². The Labute approximate surface area is 69.6 Å². The quantitative estimate of drug-likeness (QED) is 0.651. The van der Waals surface area contributed by atoms with E-state index in [0.29, 0.717) is 5.56 Å². The van der Waals surface area contributed by atoms with Gasteiger partial charge in [-0.3, -0.25) is 4.79 Å². The predicted octanol–water partition coefficient (Wildman–Crippen LogP) is 2.04. The van der Waals surface area contributed by atoms with Gasteiger partial charge in [-0.15, -0.1) is 0 Å². The van der Waals surface area contributed by atoms with E-state index < -0.39 is 5.82 Å². The molecule has 12 heavy (non-hydrogen) atoms. The lowest BCUT2D eigenvalue weighted by molar-refractivity contribution is 0.101. The van der Waals surface area contributed by atoms with Crippen molar-refractivity contribution in [2.45, 2.75) is 13.8 Å². The molecule has 0 spiro atoms. The number of ketones is 1. The van der Waals surface area contributed by atoms with Crippen LogP contribution in [0.4, 0.5) is 4.39 Å². The Morgan fingerprint density at radius 2 is 2.08 bits per heavy atom. The van der Waals surface area contributed by atoms with Gasteiger partial charge in [0, 0.05) is 6.07 Å². The molecule has 0 amide bonds. The molecule has 0 atom stereocenters. The van der Waals surface area contributed by atoms with Crippen LogP contribution < -0.4 is 0 Å². The lowest BCUT2D eigenvalue weighted by Gasteiger charge is -2.02. The van der Waals surface area contributed by atoms with Gasteiger partial charge in [0.1, 0.15) is 11.6 Å². The summed E-state index contributed by atoms with van der Waals surface area (Å²) in [6, 6.07) is 2.29. The van der Waals surface area contributed by atoms with Crippen LogP contribution in [-0.4, -0.2) is 10.9 Å². The molecule has 0 aliphatic heterocycles. The summed E-state index contributed by atoms with van der Waals surface area (Å²) < 4.78 is 12.8. The van der Waals surface area contributed by atoms with Crippen LogP contribution in [0.3, 0.4) is 0 Å². The van der Waals surface area contributed by atoms with Crippen LogP contribution in [0, 0.1) is 12.7 Å². The Hall–Kier alpha value is -1.38. The summed E-state index contributed by atoms with van der Waals surface area (Å²) in [5.74, 6) is -1.07. The number of carbonyl (C=O) groups excluding carboxylic acids is 1. The van der Waals surface area contributed by atoms with E-state index in [9.17, 15) is 9.18 Å². The Kier molecular flexibility index (Phi) is 2.13. The number of benzene rings is 1. The second-order valence-electron chi connectivity index (χ2n) is 2.67. The van der Waals surface area contributed by atoms with E-state index in [1.165, 1.54) is 13.0 Å². The average molecular weight is 168 g/mol. The number of hydrogen-bond donors (Lipinski definition) is 1. The number of rotatable bonds is 1. The van der Waals surface area contributed by atoms with Crippen molar-refractivity contribution in [3.63, 3.8) is 0 Å². The van der Waals surface area contributed by atoms with Gasteiger partial charge in [-0.05, 0) is 25.5 Å². The first-order chi connectivity index (χ1) is 5.52. The van der Waals surface area contributed by atoms with E-state index in [0.717, 1.165) is 6.07 Å². The molecule has 1 aromatic carbocycles. The topological polar surface area (TPSA) is 37.3 Å². The van der Waals surface area contributed by atoms with Crippen LogP contribution in [0.1, 0.15) is 22.8 Å². The third-order valence-corrected chi connectivity index (χ3v) is 1.66. The molecule has 0 radical (unpaired) electrons. The number of halogens is 1. The van der Waals surface area contributed by atoms with Crippen LogP contribution >= 0.6 is 0 Å². The maximum Gasteiger partial charge on any atom is 0.163 e. The van der Waals surface area contributed by atoms with Crippen molar-refractivity contribution in [2.24, 2.45) is 0 Å². The number of Topliss-reactive ketones (excluding diaryl/α,β-unsaturated/α-hetero) is 1. The number of carbonyl (C=O) groups is 1. The molecule has 64 valence electrons. The zero-order chi connectivity index (χ0) is 9.30. The summed E-state index contributed by atoms with van der Waals surface area (Å²) in [5.41, 5.74) is 0.520. The second-order valence-corrected chi connectivity index (χ2v) is 2.67. The summed E-state index contributed by atoms with van der Waals surface area (Å²) in [4.78, 5) is 10.8. The van der Waals surface area contributed by atoms with Crippen LogP contribution in [0.25, 0.3) is 0 Å². The fraction of sp³-hybridized carbons (Fsp3) is 0.222. The van der Waals surface area contributed by atoms with Crippen LogP contribution in [0.5, 0.6) is 5.75 Å². The van der Waals surface area contributed by atoms with Gasteiger partial charge in [0.05, 0.1) is 5.56 Å². The predicted molar refractivity (Wildman–Crippen MR) is 42.8 cm³/mol. The summed E-state index contributed by atoms with van der Waals surface area (Å²) in [6.07, 6.45) is 0. The number of aromatic hydroxyl groups is 1. The highest BCUT2D eigenvalue weighted by Gasteiger charge is 2.09. The molecule has 2 nitrogen and oxygen atoms in total. The highest BCUT2D eigenvalue weighted by molar-refractivity contribution is 5.96. The van der Waals surface area contributed by atoms with Crippen molar-refractivity contribution in [1.29, 1.82) is 0 Å². The van der Waals surface area contributed by atoms with E-state index >= 15 is 0 Å². The number of phenolic OH excluding ortho intramolecular Hbond substituents is 1. The second kappa shape index (κ2) is 2.93. The molecule has 0 saturated heterocycles. The monoisotopic (exact) mass is 168 g/mol. The van der Waals surface area contributed by atoms with Crippen molar-refractivity contribution in [1.82, 2.24) is 0 Å². The van der Waals surface area contributed by atoms with E-state index in [2.05, 4.69) is 0 Å². The molecule has 0 heterocycles. The lowest BCUT2D eigenvalue weighted by Crippen LogP contribution is -1.95. The third-order valence-electron chi connectivity index (χ3n) is 1.66. The van der Waals surface area contributed by atoms with Crippen molar-refractivity contribution in [3.05, 3.63) is 29.1 Å². The first kappa shape index (κ1) is 8.71. The zero-order valence-electron chi connectivity index (χ0n) is 6.89. The van der Waals surface area contributed by atoms with Crippen molar-refractivity contribution in [3.8, 4) is 5.75 Å². The van der Waals surface area contributed by atoms with Crippen molar-refractivity contribution in [2.75, 3.05) is 0 Å². The molecule has 0 aromatic heterocycles. The van der Waals surface area contributed by atoms with Crippen LogP contribution in [0.2, 0.25) is 0 Å². The first-order valence-corrected chi connectivity index (χ1v) is 3.52. The van der Waals surface area contributed by atoms with Gasteiger partial charge in [-0.2, -0.15) is 0 Å². The molecule has 1 N–H and O–H groups in total. The Morgan fingerprint density at radius 3 is 2.58 bits per heavy atom. The summed E-state index contributed by atoms with van der Waals surface area (Å²) >= 11 is 0. The maximum atomic E-state index is 12.8. The first-order valence-electron chi connectivity index (χ1n) is 3.52. The number of hydrogen-bond acceptors (Lipinski definition) is 2. The summed E-state index contributed by atoms with van der Waals surface area (Å²) in [6.45, 7) is 2.87. The minimum atomic E-state index is -0.502. The Bertz CT molecular complexity index is 332. The fourth-order valence-corrected chi connectivity index (χ4v) is 0.953. The van der Waals surface area contributed by atoms with Gasteiger partial charge >= 0.3 is 0 Å². The van der Waals surface area contributed by atoms with Gasteiger partial charge in [-0.25, -0.2) is 4.39 Å². The molecular formula is C9H9FO2. The molecule has 0 saturated carbocycles. The molecule has 1 rings (SSSR count). The van der Waals surface area contributed by atoms with Crippen molar-refractivity contribution >= 4 is 5.78 Å². The number of phenols is 1. The van der Waals surface area contributed by atoms with Crippen molar-refractivity contribution < 1.29 is 14.3 Å². The molecule has 3 heteroatoms. The molecule has 0 aliphatic rings. The molecule has 0 aliphatic carbocycles. The summed E-state index contributed by atoms with van der Waals surface area (Å²) in [7, 11) is 0. The van der Waals surface area contributed by atoms with Crippen LogP contribution in [-0.2, 0) is 0 Å². The van der Waals surface area contributed by atoms with Crippen LogP contribution in [0.15, 0.2) is 12.1 Å². The van der Waals surface area contributed by atoms with Gasteiger partial charge in [0.2, 0.25) is 0 Å². The SMILES string of the molecule is CC(=O)c1cc(C)c(F)cc1O. The smallest absolute Gasteiger partial charge is 0.163 e. The molecular weight excluding hydrogens is 159 g/mol. The molecule has 0 bridgehead atoms. The largest absolute Gasteiger partial charge is 0.507 e. The minimum Gasteiger partial charge on any atom is -0.507 e. The van der Waals surface area contributed by atoms with E-state index in [-0.39, 0.29) is 17.1 Å².